The average molecular weight is 423 g/mol. The molecular weight excluding hydrogens is 408 g/mol. The normalized spacial score (nSPS) is 12.1. The van der Waals surface area contributed by atoms with Crippen molar-refractivity contribution < 1.29 is 13.2 Å². The molecule has 0 fully saturated rings. The van der Waals surface area contributed by atoms with Gasteiger partial charge in [-0.15, -0.1) is 0 Å². The van der Waals surface area contributed by atoms with Crippen molar-refractivity contribution in [3.63, 3.8) is 0 Å². The van der Waals surface area contributed by atoms with E-state index in [-0.39, 0.29) is 12.4 Å². The van der Waals surface area contributed by atoms with Crippen LogP contribution in [-0.4, -0.2) is 11.5 Å². The predicted octanol–water partition coefficient (Wildman–Crippen LogP) is 7.06. The summed E-state index contributed by atoms with van der Waals surface area (Å²) in [6, 6.07) is 16.5. The fraction of sp³-hybridized carbons (Fsp3) is 0.0952. The molecule has 0 unspecified atom stereocenters. The summed E-state index contributed by atoms with van der Waals surface area (Å²) in [4.78, 5) is 3.84. The number of pyridine rings is 1. The molecule has 0 amide bonds. The highest BCUT2D eigenvalue weighted by molar-refractivity contribution is 6.31. The third-order valence-corrected chi connectivity index (χ3v) is 4.41. The molecule has 0 radical (unpaired) electrons. The summed E-state index contributed by atoms with van der Waals surface area (Å²) in [5.74, 6) is -0.228. The second-order valence-electron chi connectivity index (χ2n) is 5.99. The van der Waals surface area contributed by atoms with Crippen LogP contribution in [0.2, 0.25) is 10.0 Å². The standard InChI is InChI=1S/C21H15Cl2F3N2/c22-17-6-1-4-14(11-17)10-16(15-5-2-7-18(23)12-15)13-28-20-19(21(24,25)26)8-3-9-27-20/h1-12H,13H2,(H,27,28)/b16-10-. The van der Waals surface area contributed by atoms with Crippen molar-refractivity contribution in [1.29, 1.82) is 0 Å². The zero-order valence-electron chi connectivity index (χ0n) is 14.5. The molecule has 1 N–H and O–H groups in total. The van der Waals surface area contributed by atoms with Crippen LogP contribution in [0.1, 0.15) is 16.7 Å². The van der Waals surface area contributed by atoms with E-state index >= 15 is 0 Å². The number of rotatable bonds is 5. The van der Waals surface area contributed by atoms with E-state index < -0.39 is 11.7 Å². The Morgan fingerprint density at radius 1 is 0.964 bits per heavy atom. The number of nitrogens with one attached hydrogen (secondary N) is 1. The molecule has 0 saturated carbocycles. The van der Waals surface area contributed by atoms with Crippen LogP contribution >= 0.6 is 23.2 Å². The Morgan fingerprint density at radius 3 is 2.36 bits per heavy atom. The number of anilines is 1. The molecule has 0 atom stereocenters. The topological polar surface area (TPSA) is 24.9 Å². The Labute approximate surface area is 170 Å². The Hall–Kier alpha value is -2.50. The highest BCUT2D eigenvalue weighted by Crippen LogP contribution is 2.34. The third kappa shape index (κ3) is 5.27. The number of aromatic nitrogens is 1. The lowest BCUT2D eigenvalue weighted by molar-refractivity contribution is -0.137. The van der Waals surface area contributed by atoms with Gasteiger partial charge in [-0.25, -0.2) is 4.98 Å². The van der Waals surface area contributed by atoms with Crippen molar-refractivity contribution in [2.45, 2.75) is 6.18 Å². The molecule has 144 valence electrons. The third-order valence-electron chi connectivity index (χ3n) is 3.94. The van der Waals surface area contributed by atoms with Gasteiger partial charge >= 0.3 is 6.18 Å². The molecule has 0 spiro atoms. The highest BCUT2D eigenvalue weighted by Gasteiger charge is 2.34. The molecule has 0 aliphatic heterocycles. The minimum atomic E-state index is -4.50. The van der Waals surface area contributed by atoms with Gasteiger partial charge in [0.1, 0.15) is 5.82 Å². The summed E-state index contributed by atoms with van der Waals surface area (Å²) in [7, 11) is 0. The molecule has 1 aromatic heterocycles. The smallest absolute Gasteiger partial charge is 0.365 e. The van der Waals surface area contributed by atoms with Gasteiger partial charge in [0.15, 0.2) is 0 Å². The maximum Gasteiger partial charge on any atom is 0.419 e. The maximum atomic E-state index is 13.2. The molecule has 7 heteroatoms. The summed E-state index contributed by atoms with van der Waals surface area (Å²) in [6.45, 7) is 0.118. The van der Waals surface area contributed by atoms with Gasteiger partial charge in [0.2, 0.25) is 0 Å². The Bertz CT molecular complexity index is 1000. The van der Waals surface area contributed by atoms with Crippen molar-refractivity contribution >= 4 is 40.7 Å². The summed E-state index contributed by atoms with van der Waals surface area (Å²) >= 11 is 12.1. The van der Waals surface area contributed by atoms with Gasteiger partial charge in [-0.1, -0.05) is 47.5 Å². The number of benzene rings is 2. The number of nitrogens with zero attached hydrogens (tertiary/aromatic N) is 1. The van der Waals surface area contributed by atoms with Crippen LogP contribution in [0.5, 0.6) is 0 Å². The predicted molar refractivity (Wildman–Crippen MR) is 109 cm³/mol. The van der Waals surface area contributed by atoms with E-state index in [0.717, 1.165) is 22.8 Å². The quantitative estimate of drug-likeness (QED) is 0.445. The first-order chi connectivity index (χ1) is 13.3. The van der Waals surface area contributed by atoms with Crippen LogP contribution in [-0.2, 0) is 6.18 Å². The van der Waals surface area contributed by atoms with Crippen LogP contribution in [0.15, 0.2) is 66.9 Å². The van der Waals surface area contributed by atoms with Gasteiger partial charge in [0, 0.05) is 22.8 Å². The number of alkyl halides is 3. The van der Waals surface area contributed by atoms with E-state index in [1.165, 1.54) is 12.3 Å². The summed E-state index contributed by atoms with van der Waals surface area (Å²) < 4.78 is 39.6. The number of hydrogen-bond acceptors (Lipinski definition) is 2. The Balaban J connectivity index is 1.95. The van der Waals surface area contributed by atoms with E-state index in [0.29, 0.717) is 10.0 Å². The fourth-order valence-electron chi connectivity index (χ4n) is 2.68. The largest absolute Gasteiger partial charge is 0.419 e. The first kappa shape index (κ1) is 20.2. The van der Waals surface area contributed by atoms with Crippen molar-refractivity contribution in [2.24, 2.45) is 0 Å². The average Bonchev–Trinajstić information content (AvgIpc) is 2.64. The van der Waals surface area contributed by atoms with Crippen molar-refractivity contribution in [3.05, 3.63) is 93.6 Å². The zero-order chi connectivity index (χ0) is 20.1. The Morgan fingerprint density at radius 2 is 1.68 bits per heavy atom. The SMILES string of the molecule is FC(F)(F)c1cccnc1NC/C(=C/c1cccc(Cl)c1)c1cccc(Cl)c1. The van der Waals surface area contributed by atoms with E-state index in [9.17, 15) is 13.2 Å². The Kier molecular flexibility index (Phi) is 6.27. The van der Waals surface area contributed by atoms with Gasteiger partial charge in [-0.2, -0.15) is 13.2 Å². The van der Waals surface area contributed by atoms with E-state index in [2.05, 4.69) is 10.3 Å². The maximum absolute atomic E-state index is 13.2. The second-order valence-corrected chi connectivity index (χ2v) is 6.86. The van der Waals surface area contributed by atoms with Crippen molar-refractivity contribution in [3.8, 4) is 0 Å². The number of hydrogen-bond donors (Lipinski definition) is 1. The van der Waals surface area contributed by atoms with Crippen molar-refractivity contribution in [1.82, 2.24) is 4.98 Å². The first-order valence-corrected chi connectivity index (χ1v) is 9.07. The lowest BCUT2D eigenvalue weighted by atomic mass is 10.0. The monoisotopic (exact) mass is 422 g/mol. The molecule has 0 bridgehead atoms. The van der Waals surface area contributed by atoms with Crippen LogP contribution < -0.4 is 5.32 Å². The molecule has 0 aliphatic rings. The minimum Gasteiger partial charge on any atom is -0.365 e. The van der Waals surface area contributed by atoms with Crippen molar-refractivity contribution in [2.75, 3.05) is 11.9 Å². The number of halogens is 5. The molecule has 1 heterocycles. The fourth-order valence-corrected chi connectivity index (χ4v) is 3.07. The van der Waals surface area contributed by atoms with Gasteiger partial charge in [0.05, 0.1) is 5.56 Å². The summed E-state index contributed by atoms with van der Waals surface area (Å²) in [5, 5.41) is 3.89. The van der Waals surface area contributed by atoms with Gasteiger partial charge in [0.25, 0.3) is 0 Å². The van der Waals surface area contributed by atoms with Gasteiger partial charge in [-0.3, -0.25) is 0 Å². The molecule has 2 nitrogen and oxygen atoms in total. The molecule has 28 heavy (non-hydrogen) atoms. The van der Waals surface area contributed by atoms with E-state index in [4.69, 9.17) is 23.2 Å². The van der Waals surface area contributed by atoms with E-state index in [1.54, 1.807) is 36.4 Å². The minimum absolute atomic E-state index is 0.118. The molecule has 3 aromatic rings. The molecule has 2 aromatic carbocycles. The van der Waals surface area contributed by atoms with Crippen LogP contribution in [0.3, 0.4) is 0 Å². The second kappa shape index (κ2) is 8.67. The van der Waals surface area contributed by atoms with Crippen LogP contribution in [0.4, 0.5) is 19.0 Å². The van der Waals surface area contributed by atoms with Crippen LogP contribution in [0.25, 0.3) is 11.6 Å². The molecule has 0 aliphatic carbocycles. The molecule has 3 rings (SSSR count). The summed E-state index contributed by atoms with van der Waals surface area (Å²) in [5.41, 5.74) is 1.53. The highest BCUT2D eigenvalue weighted by atomic mass is 35.5. The van der Waals surface area contributed by atoms with E-state index in [1.807, 2.05) is 18.2 Å². The lowest BCUT2D eigenvalue weighted by Crippen LogP contribution is -2.13. The molecule has 0 saturated heterocycles. The van der Waals surface area contributed by atoms with Crippen LogP contribution in [0, 0.1) is 0 Å². The molecular formula is C21H15Cl2F3N2. The summed E-state index contributed by atoms with van der Waals surface area (Å²) in [6.07, 6.45) is -1.33. The first-order valence-electron chi connectivity index (χ1n) is 8.31. The zero-order valence-corrected chi connectivity index (χ0v) is 16.0. The van der Waals surface area contributed by atoms with Gasteiger partial charge < -0.3 is 5.32 Å². The lowest BCUT2D eigenvalue weighted by Gasteiger charge is -2.15. The van der Waals surface area contributed by atoms with Gasteiger partial charge in [-0.05, 0) is 59.2 Å².